The van der Waals surface area contributed by atoms with Crippen LogP contribution in [0.3, 0.4) is 0 Å². The van der Waals surface area contributed by atoms with Gasteiger partial charge in [0, 0.05) is 18.7 Å². The van der Waals surface area contributed by atoms with Crippen LogP contribution in [-0.4, -0.2) is 36.3 Å². The smallest absolute Gasteiger partial charge is 0.273 e. The van der Waals surface area contributed by atoms with Gasteiger partial charge in [-0.2, -0.15) is 0 Å². The molecule has 0 spiro atoms. The zero-order valence-corrected chi connectivity index (χ0v) is 12.0. The number of benzene rings is 1. The number of methoxy groups -OCH3 is 1. The molecule has 0 radical (unpaired) electrons. The van der Waals surface area contributed by atoms with Gasteiger partial charge < -0.3 is 19.6 Å². The topological polar surface area (TPSA) is 84.6 Å². The Morgan fingerprint density at radius 2 is 2.10 bits per heavy atom. The second-order valence-corrected chi connectivity index (χ2v) is 4.49. The normalized spacial score (nSPS) is 10.4. The Bertz CT molecular complexity index is 605. The van der Waals surface area contributed by atoms with E-state index in [-0.39, 0.29) is 18.2 Å². The average molecular weight is 290 g/mol. The predicted octanol–water partition coefficient (Wildman–Crippen LogP) is 1.77. The van der Waals surface area contributed by atoms with Gasteiger partial charge in [0.2, 0.25) is 5.89 Å². The summed E-state index contributed by atoms with van der Waals surface area (Å²) in [5, 5.41) is 11.4. The number of hydrogen-bond donors (Lipinski definition) is 2. The molecule has 112 valence electrons. The summed E-state index contributed by atoms with van der Waals surface area (Å²) < 4.78 is 10.6. The summed E-state index contributed by atoms with van der Waals surface area (Å²) in [6, 6.07) is 7.24. The molecule has 0 atom stereocenters. The first-order chi connectivity index (χ1) is 10.2. The van der Waals surface area contributed by atoms with Crippen LogP contribution in [0.4, 0.5) is 0 Å². The van der Waals surface area contributed by atoms with E-state index in [9.17, 15) is 4.79 Å². The van der Waals surface area contributed by atoms with Gasteiger partial charge in [0.05, 0.1) is 7.11 Å². The molecule has 21 heavy (non-hydrogen) atoms. The molecule has 0 unspecified atom stereocenters. The van der Waals surface area contributed by atoms with Gasteiger partial charge in [-0.25, -0.2) is 4.98 Å². The number of carbonyl (C=O) groups excluding carboxylic acids is 1. The van der Waals surface area contributed by atoms with E-state index >= 15 is 0 Å². The van der Waals surface area contributed by atoms with Crippen LogP contribution >= 0.6 is 0 Å². The second-order valence-electron chi connectivity index (χ2n) is 4.49. The van der Waals surface area contributed by atoms with Gasteiger partial charge in [-0.15, -0.1) is 0 Å². The molecule has 1 amide bonds. The third-order valence-electron chi connectivity index (χ3n) is 2.97. The minimum absolute atomic E-state index is 0.0369. The summed E-state index contributed by atoms with van der Waals surface area (Å²) in [6.45, 7) is 2.13. The van der Waals surface area contributed by atoms with Gasteiger partial charge in [-0.05, 0) is 37.6 Å². The lowest BCUT2D eigenvalue weighted by Gasteiger charge is -2.00. The highest BCUT2D eigenvalue weighted by Crippen LogP contribution is 2.23. The maximum atomic E-state index is 12.0. The lowest BCUT2D eigenvalue weighted by atomic mass is 10.2. The molecule has 0 aliphatic rings. The third kappa shape index (κ3) is 3.61. The Hall–Kier alpha value is -2.34. The van der Waals surface area contributed by atoms with Crippen molar-refractivity contribution in [1.82, 2.24) is 10.3 Å². The zero-order valence-electron chi connectivity index (χ0n) is 12.0. The molecular weight excluding hydrogens is 272 g/mol. The highest BCUT2D eigenvalue weighted by molar-refractivity contribution is 5.93. The zero-order chi connectivity index (χ0) is 15.2. The standard InChI is InChI=1S/C15H18N2O4/c1-10-13(14(19)16-8-3-9-18)17-15(21-10)11-4-6-12(20-2)7-5-11/h4-7,18H,3,8-9H2,1-2H3,(H,16,19). The molecule has 0 bridgehead atoms. The highest BCUT2D eigenvalue weighted by Gasteiger charge is 2.17. The molecule has 2 rings (SSSR count). The fourth-order valence-electron chi connectivity index (χ4n) is 1.83. The summed E-state index contributed by atoms with van der Waals surface area (Å²) in [4.78, 5) is 16.2. The van der Waals surface area contributed by atoms with Gasteiger partial charge in [0.1, 0.15) is 11.5 Å². The number of ether oxygens (including phenoxy) is 1. The van der Waals surface area contributed by atoms with Crippen molar-refractivity contribution in [1.29, 1.82) is 0 Å². The largest absolute Gasteiger partial charge is 0.497 e. The number of nitrogens with zero attached hydrogens (tertiary/aromatic N) is 1. The summed E-state index contributed by atoms with van der Waals surface area (Å²) in [6.07, 6.45) is 0.508. The number of hydrogen-bond acceptors (Lipinski definition) is 5. The van der Waals surface area contributed by atoms with Crippen molar-refractivity contribution in [3.05, 3.63) is 35.7 Å². The summed E-state index contributed by atoms with van der Waals surface area (Å²) >= 11 is 0. The van der Waals surface area contributed by atoms with Gasteiger partial charge in [0.15, 0.2) is 5.69 Å². The summed E-state index contributed by atoms with van der Waals surface area (Å²) in [7, 11) is 1.60. The number of oxazole rings is 1. The molecular formula is C15H18N2O4. The van der Waals surface area contributed by atoms with Gasteiger partial charge in [0.25, 0.3) is 5.91 Å². The molecule has 1 heterocycles. The maximum absolute atomic E-state index is 12.0. The SMILES string of the molecule is COc1ccc(-c2nc(C(=O)NCCCO)c(C)o2)cc1. The number of aliphatic hydroxyl groups excluding tert-OH is 1. The van der Waals surface area contributed by atoms with Crippen LogP contribution in [0.1, 0.15) is 22.7 Å². The van der Waals surface area contributed by atoms with E-state index in [2.05, 4.69) is 10.3 Å². The number of aromatic nitrogens is 1. The lowest BCUT2D eigenvalue weighted by Crippen LogP contribution is -2.25. The fourth-order valence-corrected chi connectivity index (χ4v) is 1.83. The van der Waals surface area contributed by atoms with E-state index in [1.807, 2.05) is 12.1 Å². The molecule has 6 heteroatoms. The minimum atomic E-state index is -0.301. The molecule has 6 nitrogen and oxygen atoms in total. The Morgan fingerprint density at radius 3 is 2.71 bits per heavy atom. The van der Waals surface area contributed by atoms with Crippen molar-refractivity contribution in [3.8, 4) is 17.2 Å². The van der Waals surface area contributed by atoms with Crippen LogP contribution in [0.25, 0.3) is 11.5 Å². The van der Waals surface area contributed by atoms with Crippen LogP contribution in [0.2, 0.25) is 0 Å². The first-order valence-electron chi connectivity index (χ1n) is 6.66. The average Bonchev–Trinajstić information content (AvgIpc) is 2.89. The van der Waals surface area contributed by atoms with Crippen LogP contribution in [-0.2, 0) is 0 Å². The number of aryl methyl sites for hydroxylation is 1. The van der Waals surface area contributed by atoms with Crippen molar-refractivity contribution in [3.63, 3.8) is 0 Å². The van der Waals surface area contributed by atoms with Crippen LogP contribution < -0.4 is 10.1 Å². The van der Waals surface area contributed by atoms with Crippen molar-refractivity contribution < 1.29 is 19.1 Å². The maximum Gasteiger partial charge on any atom is 0.273 e. The molecule has 0 saturated heterocycles. The Labute approximate surface area is 122 Å². The molecule has 0 aliphatic carbocycles. The monoisotopic (exact) mass is 290 g/mol. The molecule has 1 aromatic heterocycles. The number of carbonyl (C=O) groups is 1. The Balaban J connectivity index is 2.15. The quantitative estimate of drug-likeness (QED) is 0.792. The van der Waals surface area contributed by atoms with E-state index in [4.69, 9.17) is 14.3 Å². The minimum Gasteiger partial charge on any atom is -0.497 e. The molecule has 2 aromatic rings. The van der Waals surface area contributed by atoms with Crippen LogP contribution in [0.5, 0.6) is 5.75 Å². The highest BCUT2D eigenvalue weighted by atomic mass is 16.5. The van der Waals surface area contributed by atoms with Crippen molar-refractivity contribution in [2.45, 2.75) is 13.3 Å². The molecule has 2 N–H and O–H groups in total. The Morgan fingerprint density at radius 1 is 1.38 bits per heavy atom. The van der Waals surface area contributed by atoms with E-state index in [1.54, 1.807) is 26.2 Å². The van der Waals surface area contributed by atoms with E-state index in [0.29, 0.717) is 24.6 Å². The number of aliphatic hydroxyl groups is 1. The number of amides is 1. The Kier molecular flexibility index (Phi) is 4.94. The van der Waals surface area contributed by atoms with Gasteiger partial charge >= 0.3 is 0 Å². The molecule has 0 saturated carbocycles. The lowest BCUT2D eigenvalue weighted by molar-refractivity contribution is 0.0945. The fraction of sp³-hybridized carbons (Fsp3) is 0.333. The van der Waals surface area contributed by atoms with Gasteiger partial charge in [-0.3, -0.25) is 4.79 Å². The van der Waals surface area contributed by atoms with E-state index < -0.39 is 0 Å². The van der Waals surface area contributed by atoms with Crippen molar-refractivity contribution in [2.75, 3.05) is 20.3 Å². The van der Waals surface area contributed by atoms with Crippen LogP contribution in [0.15, 0.2) is 28.7 Å². The molecule has 1 aromatic carbocycles. The second kappa shape index (κ2) is 6.90. The summed E-state index contributed by atoms with van der Waals surface area (Å²) in [5.41, 5.74) is 1.03. The molecule has 0 fully saturated rings. The molecule has 0 aliphatic heterocycles. The van der Waals surface area contributed by atoms with Crippen LogP contribution in [0, 0.1) is 6.92 Å². The summed E-state index contributed by atoms with van der Waals surface area (Å²) in [5.74, 6) is 1.29. The first kappa shape index (κ1) is 15.1. The van der Waals surface area contributed by atoms with E-state index in [0.717, 1.165) is 11.3 Å². The van der Waals surface area contributed by atoms with E-state index in [1.165, 1.54) is 0 Å². The number of nitrogens with one attached hydrogen (secondary N) is 1. The van der Waals surface area contributed by atoms with Gasteiger partial charge in [-0.1, -0.05) is 0 Å². The third-order valence-corrected chi connectivity index (χ3v) is 2.97. The first-order valence-corrected chi connectivity index (χ1v) is 6.66. The number of rotatable bonds is 6. The van der Waals surface area contributed by atoms with Crippen molar-refractivity contribution >= 4 is 5.91 Å². The predicted molar refractivity (Wildman–Crippen MR) is 77.3 cm³/mol. The van der Waals surface area contributed by atoms with Crippen molar-refractivity contribution in [2.24, 2.45) is 0 Å².